The van der Waals surface area contributed by atoms with Crippen LogP contribution in [0.1, 0.15) is 42.0 Å². The molecule has 2 heterocycles. The van der Waals surface area contributed by atoms with E-state index in [1.165, 1.54) is 23.3 Å². The van der Waals surface area contributed by atoms with E-state index in [0.29, 0.717) is 13.0 Å². The Balaban J connectivity index is 1.04. The number of carbonyl (C=O) groups excluding carboxylic acids is 2. The molecule has 6 nitrogen and oxygen atoms in total. The molecule has 0 radical (unpaired) electrons. The minimum Gasteiger partial charge on any atom is -0.446 e. The van der Waals surface area contributed by atoms with Gasteiger partial charge in [-0.05, 0) is 91.0 Å². The second kappa shape index (κ2) is 10.0. The Labute approximate surface area is 224 Å². The van der Waals surface area contributed by atoms with Crippen LogP contribution in [0.3, 0.4) is 0 Å². The quantitative estimate of drug-likeness (QED) is 0.422. The van der Waals surface area contributed by atoms with Crippen molar-refractivity contribution in [3.05, 3.63) is 94.8 Å². The largest absolute Gasteiger partial charge is 0.446 e. The number of amides is 3. The summed E-state index contributed by atoms with van der Waals surface area (Å²) in [6.07, 6.45) is 1.60. The number of cyclic esters (lactones) is 1. The molecule has 3 aliphatic rings. The molecule has 0 unspecified atom stereocenters. The molecule has 6 rings (SSSR count). The van der Waals surface area contributed by atoms with Crippen LogP contribution in [0.2, 0.25) is 0 Å². The van der Waals surface area contributed by atoms with Crippen LogP contribution in [-0.4, -0.2) is 54.7 Å². The van der Waals surface area contributed by atoms with E-state index in [-0.39, 0.29) is 23.4 Å². The number of rotatable bonds is 5. The van der Waals surface area contributed by atoms with Crippen molar-refractivity contribution in [2.75, 3.05) is 32.8 Å². The zero-order valence-corrected chi connectivity index (χ0v) is 21.3. The molecule has 2 saturated heterocycles. The van der Waals surface area contributed by atoms with Crippen molar-refractivity contribution in [2.45, 2.75) is 30.7 Å². The molecule has 0 aromatic heterocycles. The number of urea groups is 1. The monoisotopic (exact) mass is 535 g/mol. The Hall–Kier alpha value is -3.85. The summed E-state index contributed by atoms with van der Waals surface area (Å²) >= 11 is 0. The van der Waals surface area contributed by atoms with Gasteiger partial charge < -0.3 is 15.0 Å². The third-order valence-electron chi connectivity index (χ3n) is 8.29. The molecule has 1 atom stereocenters. The Morgan fingerprint density at radius 2 is 1.72 bits per heavy atom. The second-order valence-corrected chi connectivity index (χ2v) is 10.4. The third kappa shape index (κ3) is 4.44. The third-order valence-corrected chi connectivity index (χ3v) is 8.29. The lowest BCUT2D eigenvalue weighted by Gasteiger charge is -2.41. The lowest BCUT2D eigenvalue weighted by Crippen LogP contribution is -2.44. The van der Waals surface area contributed by atoms with E-state index in [1.807, 2.05) is 18.2 Å². The first kappa shape index (κ1) is 25.4. The molecule has 202 valence electrons. The highest BCUT2D eigenvalue weighted by molar-refractivity contribution is 5.92. The average Bonchev–Trinajstić information content (AvgIpc) is 3.45. The number of imide groups is 1. The number of nitrogens with one attached hydrogen (secondary N) is 1. The summed E-state index contributed by atoms with van der Waals surface area (Å²) in [5, 5.41) is 2.75. The van der Waals surface area contributed by atoms with Gasteiger partial charge in [-0.15, -0.1) is 0 Å². The summed E-state index contributed by atoms with van der Waals surface area (Å²) in [4.78, 5) is 28.2. The predicted octanol–water partition coefficient (Wildman–Crippen LogP) is 5.76. The zero-order valence-electron chi connectivity index (χ0n) is 21.3. The highest BCUT2D eigenvalue weighted by Crippen LogP contribution is 2.54. The number of piperidine rings is 1. The Morgan fingerprint density at radius 3 is 2.51 bits per heavy atom. The van der Waals surface area contributed by atoms with Gasteiger partial charge in [0.25, 0.3) is 0 Å². The smallest absolute Gasteiger partial charge is 0.418 e. The first-order chi connectivity index (χ1) is 18.9. The number of likely N-dealkylation sites (tertiary alicyclic amines) is 1. The lowest BCUT2D eigenvalue weighted by atomic mass is 9.71. The molecule has 1 N–H and O–H groups in total. The first-order valence-corrected chi connectivity index (χ1v) is 13.2. The fourth-order valence-electron chi connectivity index (χ4n) is 6.32. The van der Waals surface area contributed by atoms with Gasteiger partial charge >= 0.3 is 12.1 Å². The van der Waals surface area contributed by atoms with Gasteiger partial charge in [0.15, 0.2) is 11.6 Å². The van der Waals surface area contributed by atoms with Crippen LogP contribution in [0.4, 0.5) is 22.8 Å². The van der Waals surface area contributed by atoms with Crippen molar-refractivity contribution < 1.29 is 27.5 Å². The number of hydrogen-bond acceptors (Lipinski definition) is 4. The molecule has 0 bridgehead atoms. The van der Waals surface area contributed by atoms with Gasteiger partial charge in [0, 0.05) is 12.0 Å². The maximum absolute atomic E-state index is 14.3. The van der Waals surface area contributed by atoms with Gasteiger partial charge in [-0.1, -0.05) is 36.4 Å². The van der Waals surface area contributed by atoms with Crippen molar-refractivity contribution in [3.8, 4) is 11.1 Å². The Bertz CT molecular complexity index is 1440. The Kier molecular flexibility index (Phi) is 6.54. The van der Waals surface area contributed by atoms with Crippen LogP contribution >= 0.6 is 0 Å². The summed E-state index contributed by atoms with van der Waals surface area (Å²) in [5.74, 6) is -2.27. The van der Waals surface area contributed by atoms with Gasteiger partial charge in [0.05, 0.1) is 0 Å². The number of nitrogens with zero attached hydrogens (tertiary/aromatic N) is 2. The van der Waals surface area contributed by atoms with Gasteiger partial charge in [0.1, 0.15) is 18.5 Å². The van der Waals surface area contributed by atoms with Crippen LogP contribution in [0, 0.1) is 17.5 Å². The van der Waals surface area contributed by atoms with Crippen molar-refractivity contribution in [1.29, 1.82) is 0 Å². The van der Waals surface area contributed by atoms with E-state index >= 15 is 0 Å². The maximum atomic E-state index is 14.3. The molecule has 2 aliphatic heterocycles. The van der Waals surface area contributed by atoms with Crippen LogP contribution in [0.5, 0.6) is 0 Å². The van der Waals surface area contributed by atoms with Gasteiger partial charge in [-0.3, -0.25) is 0 Å². The molecular weight excluding hydrogens is 507 g/mol. The van der Waals surface area contributed by atoms with Crippen molar-refractivity contribution in [2.24, 2.45) is 0 Å². The van der Waals surface area contributed by atoms with E-state index in [9.17, 15) is 22.8 Å². The molecule has 9 heteroatoms. The molecular formula is C30H28F3N3O3. The van der Waals surface area contributed by atoms with E-state index < -0.39 is 29.8 Å². The SMILES string of the molecule is O=C(NCCCN1CCC2(CC1)c1ccccc1-c1ccc(F)cc12)N1C(=O)OC[C@@H]1c1ccc(F)c(F)c1. The molecule has 1 aliphatic carbocycles. The van der Waals surface area contributed by atoms with Crippen molar-refractivity contribution in [1.82, 2.24) is 15.1 Å². The van der Waals surface area contributed by atoms with Crippen molar-refractivity contribution >= 4 is 12.1 Å². The normalized spacial score (nSPS) is 19.6. The number of fused-ring (bicyclic) bond motifs is 5. The number of ether oxygens (including phenoxy) is 1. The molecule has 3 aromatic carbocycles. The number of carbonyl (C=O) groups is 2. The lowest BCUT2D eigenvalue weighted by molar-refractivity contribution is 0.157. The van der Waals surface area contributed by atoms with Gasteiger partial charge in [-0.2, -0.15) is 0 Å². The highest BCUT2D eigenvalue weighted by Gasteiger charge is 2.45. The first-order valence-electron chi connectivity index (χ1n) is 13.2. The van der Waals surface area contributed by atoms with Crippen LogP contribution < -0.4 is 5.32 Å². The van der Waals surface area contributed by atoms with Crippen LogP contribution in [-0.2, 0) is 10.2 Å². The standard InChI is InChI=1S/C30H28F3N3O3/c31-20-7-8-22-21-4-1-2-5-23(21)30(24(22)17-20)10-14-35(15-11-30)13-3-12-34-28(37)36-27(18-39-29(36)38)19-6-9-25(32)26(33)16-19/h1-2,4-9,16-17,27H,3,10-15,18H2,(H,34,37)/t27-/m1/s1. The highest BCUT2D eigenvalue weighted by atomic mass is 19.2. The fraction of sp³-hybridized carbons (Fsp3) is 0.333. The van der Waals surface area contributed by atoms with Crippen molar-refractivity contribution in [3.63, 3.8) is 0 Å². The van der Waals surface area contributed by atoms with Gasteiger partial charge in [-0.25, -0.2) is 27.7 Å². The minimum atomic E-state index is -1.05. The molecule has 0 saturated carbocycles. The maximum Gasteiger partial charge on any atom is 0.418 e. The molecule has 39 heavy (non-hydrogen) atoms. The molecule has 2 fully saturated rings. The summed E-state index contributed by atoms with van der Waals surface area (Å²) in [5.41, 5.74) is 4.74. The van der Waals surface area contributed by atoms with Crippen LogP contribution in [0.25, 0.3) is 11.1 Å². The number of hydrogen-bond donors (Lipinski definition) is 1. The van der Waals surface area contributed by atoms with Crippen LogP contribution in [0.15, 0.2) is 60.7 Å². The molecule has 3 amide bonds. The van der Waals surface area contributed by atoms with E-state index in [1.54, 1.807) is 6.07 Å². The topological polar surface area (TPSA) is 61.9 Å². The van der Waals surface area contributed by atoms with E-state index in [2.05, 4.69) is 22.3 Å². The molecule has 1 spiro atoms. The average molecular weight is 536 g/mol. The number of halogens is 3. The summed E-state index contributed by atoms with van der Waals surface area (Å²) in [6, 6.07) is 15.3. The zero-order chi connectivity index (χ0) is 27.1. The van der Waals surface area contributed by atoms with E-state index in [0.717, 1.165) is 60.6 Å². The van der Waals surface area contributed by atoms with E-state index in [4.69, 9.17) is 4.74 Å². The summed E-state index contributed by atoms with van der Waals surface area (Å²) < 4.78 is 46.3. The van der Waals surface area contributed by atoms with Gasteiger partial charge in [0.2, 0.25) is 0 Å². The summed E-state index contributed by atoms with van der Waals surface area (Å²) in [6.45, 7) is 2.66. The summed E-state index contributed by atoms with van der Waals surface area (Å²) in [7, 11) is 0. The fourth-order valence-corrected chi connectivity index (χ4v) is 6.32. The molecule has 3 aromatic rings. The number of benzene rings is 3. The second-order valence-electron chi connectivity index (χ2n) is 10.4. The predicted molar refractivity (Wildman–Crippen MR) is 139 cm³/mol. The minimum absolute atomic E-state index is 0.122. The Morgan fingerprint density at radius 1 is 0.949 bits per heavy atom.